The number of hydrogen-bond acceptors (Lipinski definition) is 5. The van der Waals surface area contributed by atoms with E-state index >= 15 is 0 Å². The fourth-order valence-electron chi connectivity index (χ4n) is 3.19. The van der Waals surface area contributed by atoms with Crippen molar-refractivity contribution in [1.29, 1.82) is 0 Å². The summed E-state index contributed by atoms with van der Waals surface area (Å²) >= 11 is 5.81. The van der Waals surface area contributed by atoms with Gasteiger partial charge in [0.15, 0.2) is 6.10 Å². The summed E-state index contributed by atoms with van der Waals surface area (Å²) in [7, 11) is 0. The quantitative estimate of drug-likeness (QED) is 0.475. The van der Waals surface area contributed by atoms with Crippen molar-refractivity contribution in [3.8, 4) is 0 Å². The van der Waals surface area contributed by atoms with Crippen LogP contribution in [0.5, 0.6) is 0 Å². The molecular weight excluding hydrogens is 360 g/mol. The summed E-state index contributed by atoms with van der Waals surface area (Å²) in [6.45, 7) is 5.70. The molecule has 4 atom stereocenters. The van der Waals surface area contributed by atoms with Crippen LogP contribution in [0.4, 0.5) is 5.69 Å². The fraction of sp³-hybridized carbons (Fsp3) is 0.556. The number of carbonyl (C=O) groups is 2. The van der Waals surface area contributed by atoms with Gasteiger partial charge in [-0.15, -0.1) is 0 Å². The van der Waals surface area contributed by atoms with Gasteiger partial charge in [-0.1, -0.05) is 38.3 Å². The molecule has 1 fully saturated rings. The van der Waals surface area contributed by atoms with Gasteiger partial charge >= 0.3 is 5.97 Å². The van der Waals surface area contributed by atoms with Crippen molar-refractivity contribution in [2.75, 3.05) is 0 Å². The maximum absolute atomic E-state index is 12.4. The van der Waals surface area contributed by atoms with Gasteiger partial charge in [0.2, 0.25) is 0 Å². The number of benzene rings is 1. The van der Waals surface area contributed by atoms with Crippen molar-refractivity contribution in [2.24, 2.45) is 11.8 Å². The second-order valence-electron chi connectivity index (χ2n) is 6.85. The minimum atomic E-state index is -1.06. The second kappa shape index (κ2) is 8.49. The number of halogens is 1. The van der Waals surface area contributed by atoms with Crippen molar-refractivity contribution in [1.82, 2.24) is 5.32 Å². The Hall–Kier alpha value is -2.15. The first-order chi connectivity index (χ1) is 12.2. The molecule has 1 aliphatic rings. The van der Waals surface area contributed by atoms with Crippen LogP contribution in [0.15, 0.2) is 18.2 Å². The van der Waals surface area contributed by atoms with Crippen LogP contribution >= 0.6 is 11.6 Å². The second-order valence-corrected chi connectivity index (χ2v) is 7.28. The summed E-state index contributed by atoms with van der Waals surface area (Å²) < 4.78 is 5.13. The topological polar surface area (TPSA) is 98.5 Å². The number of nitrogens with zero attached hydrogens (tertiary/aromatic N) is 1. The molecule has 1 amide bonds. The Morgan fingerprint density at radius 3 is 2.69 bits per heavy atom. The molecule has 8 heteroatoms. The van der Waals surface area contributed by atoms with Crippen LogP contribution in [0.25, 0.3) is 0 Å². The predicted octanol–water partition coefficient (Wildman–Crippen LogP) is 3.73. The Morgan fingerprint density at radius 1 is 1.35 bits per heavy atom. The van der Waals surface area contributed by atoms with E-state index in [4.69, 9.17) is 16.3 Å². The number of carbonyl (C=O) groups excluding carboxylic acids is 2. The standard InChI is InChI=1S/C18H23ClN2O5/c1-10-5-4-6-15(11(10)2)20-17(22)12(3)26-18(23)14-9-13(19)7-8-16(14)21(24)25/h7-12,15H,4-6H2,1-3H3,(H,20,22)/t10-,11-,12-,15+/m1/s1. The van der Waals surface area contributed by atoms with E-state index < -0.39 is 28.6 Å². The van der Waals surface area contributed by atoms with Gasteiger partial charge in [-0.2, -0.15) is 0 Å². The number of nitrogens with one attached hydrogen (secondary N) is 1. The third-order valence-corrected chi connectivity index (χ3v) is 5.30. The van der Waals surface area contributed by atoms with Crippen LogP contribution in [0.2, 0.25) is 5.02 Å². The van der Waals surface area contributed by atoms with E-state index in [2.05, 4.69) is 19.2 Å². The maximum atomic E-state index is 12.4. The molecular formula is C18H23ClN2O5. The number of nitro benzene ring substituents is 1. The van der Waals surface area contributed by atoms with E-state index in [-0.39, 0.29) is 16.6 Å². The smallest absolute Gasteiger partial charge is 0.345 e. The normalized spacial score (nSPS) is 23.8. The van der Waals surface area contributed by atoms with E-state index in [1.54, 1.807) is 0 Å². The number of esters is 1. The average Bonchev–Trinajstić information content (AvgIpc) is 2.58. The summed E-state index contributed by atoms with van der Waals surface area (Å²) in [5.74, 6) is -0.508. The number of nitro groups is 1. The number of rotatable bonds is 5. The fourth-order valence-corrected chi connectivity index (χ4v) is 3.37. The zero-order valence-corrected chi connectivity index (χ0v) is 15.8. The zero-order valence-electron chi connectivity index (χ0n) is 15.0. The molecule has 26 heavy (non-hydrogen) atoms. The predicted molar refractivity (Wildman–Crippen MR) is 97.1 cm³/mol. The van der Waals surface area contributed by atoms with Crippen molar-refractivity contribution in [2.45, 2.75) is 52.2 Å². The summed E-state index contributed by atoms with van der Waals surface area (Å²) in [5.41, 5.74) is -0.691. The van der Waals surface area contributed by atoms with E-state index in [1.807, 2.05) is 0 Å². The molecule has 1 saturated carbocycles. The maximum Gasteiger partial charge on any atom is 0.345 e. The third-order valence-electron chi connectivity index (χ3n) is 5.06. The van der Waals surface area contributed by atoms with Gasteiger partial charge < -0.3 is 10.1 Å². The first kappa shape index (κ1) is 20.2. The lowest BCUT2D eigenvalue weighted by Crippen LogP contribution is -2.47. The summed E-state index contributed by atoms with van der Waals surface area (Å²) in [5, 5.41) is 14.2. The molecule has 0 radical (unpaired) electrons. The Labute approximate surface area is 157 Å². The molecule has 142 valence electrons. The molecule has 2 rings (SSSR count). The minimum Gasteiger partial charge on any atom is -0.449 e. The van der Waals surface area contributed by atoms with Crippen LogP contribution in [0, 0.1) is 22.0 Å². The minimum absolute atomic E-state index is 0.0351. The van der Waals surface area contributed by atoms with Gasteiger partial charge in [0, 0.05) is 17.1 Å². The van der Waals surface area contributed by atoms with Crippen molar-refractivity contribution >= 4 is 29.2 Å². The Morgan fingerprint density at radius 2 is 2.04 bits per heavy atom. The number of hydrogen-bond donors (Lipinski definition) is 1. The summed E-state index contributed by atoms with van der Waals surface area (Å²) in [6, 6.07) is 3.65. The van der Waals surface area contributed by atoms with E-state index in [0.29, 0.717) is 11.8 Å². The van der Waals surface area contributed by atoms with Gasteiger partial charge in [0.25, 0.3) is 11.6 Å². The lowest BCUT2D eigenvalue weighted by atomic mass is 9.78. The van der Waals surface area contributed by atoms with Gasteiger partial charge in [-0.3, -0.25) is 14.9 Å². The highest BCUT2D eigenvalue weighted by Gasteiger charge is 2.31. The summed E-state index contributed by atoms with van der Waals surface area (Å²) in [4.78, 5) is 35.0. The van der Waals surface area contributed by atoms with Crippen LogP contribution in [0.3, 0.4) is 0 Å². The van der Waals surface area contributed by atoms with Gasteiger partial charge in [-0.05, 0) is 37.3 Å². The Kier molecular flexibility index (Phi) is 6.58. The van der Waals surface area contributed by atoms with Gasteiger partial charge in [-0.25, -0.2) is 4.79 Å². The molecule has 1 aromatic carbocycles. The lowest BCUT2D eigenvalue weighted by Gasteiger charge is -2.35. The van der Waals surface area contributed by atoms with E-state index in [0.717, 1.165) is 31.4 Å². The van der Waals surface area contributed by atoms with E-state index in [1.165, 1.54) is 13.0 Å². The highest BCUT2D eigenvalue weighted by molar-refractivity contribution is 6.31. The molecule has 0 heterocycles. The van der Waals surface area contributed by atoms with Crippen molar-refractivity contribution in [3.05, 3.63) is 38.9 Å². The molecule has 0 aromatic heterocycles. The van der Waals surface area contributed by atoms with Crippen LogP contribution < -0.4 is 5.32 Å². The molecule has 0 saturated heterocycles. The van der Waals surface area contributed by atoms with Gasteiger partial charge in [0.05, 0.1) is 4.92 Å². The van der Waals surface area contributed by atoms with Crippen molar-refractivity contribution in [3.63, 3.8) is 0 Å². The number of amides is 1. The SMILES string of the molecule is C[C@@H]1[C@H](C)CCC[C@@H]1NC(=O)[C@@H](C)OC(=O)c1cc(Cl)ccc1[N+](=O)[O-]. The molecule has 0 unspecified atom stereocenters. The Balaban J connectivity index is 2.04. The summed E-state index contributed by atoms with van der Waals surface area (Å²) in [6.07, 6.45) is 2.00. The van der Waals surface area contributed by atoms with Crippen LogP contribution in [0.1, 0.15) is 50.4 Å². The van der Waals surface area contributed by atoms with E-state index in [9.17, 15) is 19.7 Å². The third kappa shape index (κ3) is 4.72. The van der Waals surface area contributed by atoms with Gasteiger partial charge in [0.1, 0.15) is 5.56 Å². The largest absolute Gasteiger partial charge is 0.449 e. The zero-order chi connectivity index (χ0) is 19.4. The lowest BCUT2D eigenvalue weighted by molar-refractivity contribution is -0.385. The monoisotopic (exact) mass is 382 g/mol. The number of ether oxygens (including phenoxy) is 1. The highest BCUT2D eigenvalue weighted by Crippen LogP contribution is 2.29. The molecule has 1 N–H and O–H groups in total. The first-order valence-electron chi connectivity index (χ1n) is 8.66. The highest BCUT2D eigenvalue weighted by atomic mass is 35.5. The molecule has 1 aromatic rings. The first-order valence-corrected chi connectivity index (χ1v) is 9.03. The molecule has 7 nitrogen and oxygen atoms in total. The molecule has 1 aliphatic carbocycles. The molecule has 0 spiro atoms. The Bertz CT molecular complexity index is 709. The molecule has 0 bridgehead atoms. The molecule has 0 aliphatic heterocycles. The van der Waals surface area contributed by atoms with Crippen molar-refractivity contribution < 1.29 is 19.2 Å². The van der Waals surface area contributed by atoms with Crippen LogP contribution in [-0.4, -0.2) is 28.9 Å². The average molecular weight is 383 g/mol. The van der Waals surface area contributed by atoms with Crippen LogP contribution in [-0.2, 0) is 9.53 Å².